The average molecular weight is 225 g/mol. The van der Waals surface area contributed by atoms with Crippen LogP contribution in [0.1, 0.15) is 0 Å². The summed E-state index contributed by atoms with van der Waals surface area (Å²) in [5.74, 6) is -0.166. The Hall–Kier alpha value is -1.43. The lowest BCUT2D eigenvalue weighted by molar-refractivity contribution is -0.127. The van der Waals surface area contributed by atoms with Crippen molar-refractivity contribution < 1.29 is 13.9 Å². The Labute approximate surface area is 92.2 Å². The second kappa shape index (κ2) is 3.28. The molecule has 0 aliphatic carbocycles. The molecule has 1 aromatic heterocycles. The highest BCUT2D eigenvalue weighted by atomic mass is 19.1. The predicted octanol–water partition coefficient (Wildman–Crippen LogP) is 0.461. The number of nitrogens with zero attached hydrogens (tertiary/aromatic N) is 3. The van der Waals surface area contributed by atoms with E-state index in [1.807, 2.05) is 4.90 Å². The van der Waals surface area contributed by atoms with Gasteiger partial charge in [0.1, 0.15) is 6.33 Å². The lowest BCUT2D eigenvalue weighted by Gasteiger charge is -2.55. The number of aromatic nitrogens is 2. The number of halogens is 1. The summed E-state index contributed by atoms with van der Waals surface area (Å²) in [7, 11) is 1.40. The second-order valence-corrected chi connectivity index (χ2v) is 4.37. The molecule has 5 nitrogen and oxygen atoms in total. The van der Waals surface area contributed by atoms with Gasteiger partial charge in [-0.05, 0) is 0 Å². The SMILES string of the molecule is COc1ncnc(N2CC3(COC3)C2)c1F. The molecule has 6 heteroatoms. The highest BCUT2D eigenvalue weighted by molar-refractivity contribution is 5.47. The topological polar surface area (TPSA) is 47.5 Å². The van der Waals surface area contributed by atoms with E-state index in [9.17, 15) is 4.39 Å². The fourth-order valence-electron chi connectivity index (χ4n) is 2.19. The number of hydrogen-bond acceptors (Lipinski definition) is 5. The molecule has 2 saturated heterocycles. The third kappa shape index (κ3) is 1.26. The summed E-state index contributed by atoms with van der Waals surface area (Å²) in [6, 6.07) is 0. The summed E-state index contributed by atoms with van der Waals surface area (Å²) in [5, 5.41) is 0. The average Bonchev–Trinajstić information content (AvgIpc) is 2.16. The van der Waals surface area contributed by atoms with E-state index in [1.165, 1.54) is 13.4 Å². The molecule has 1 spiro atoms. The third-order valence-corrected chi connectivity index (χ3v) is 3.10. The second-order valence-electron chi connectivity index (χ2n) is 4.37. The summed E-state index contributed by atoms with van der Waals surface area (Å²) in [6.07, 6.45) is 1.32. The molecule has 0 unspecified atom stereocenters. The van der Waals surface area contributed by atoms with Gasteiger partial charge in [-0.2, -0.15) is 9.37 Å². The highest BCUT2D eigenvalue weighted by Gasteiger charge is 2.50. The zero-order valence-electron chi connectivity index (χ0n) is 8.94. The minimum atomic E-state index is -0.486. The van der Waals surface area contributed by atoms with Crippen molar-refractivity contribution in [1.29, 1.82) is 0 Å². The molecule has 2 aliphatic rings. The number of ether oxygens (including phenoxy) is 2. The van der Waals surface area contributed by atoms with Crippen LogP contribution in [0.3, 0.4) is 0 Å². The number of hydrogen-bond donors (Lipinski definition) is 0. The largest absolute Gasteiger partial charge is 0.479 e. The van der Waals surface area contributed by atoms with E-state index >= 15 is 0 Å². The normalized spacial score (nSPS) is 21.5. The smallest absolute Gasteiger partial charge is 0.255 e. The van der Waals surface area contributed by atoms with Crippen LogP contribution in [0.5, 0.6) is 5.88 Å². The predicted molar refractivity (Wildman–Crippen MR) is 54.0 cm³/mol. The van der Waals surface area contributed by atoms with Crippen LogP contribution in [-0.4, -0.2) is 43.4 Å². The van der Waals surface area contributed by atoms with Crippen molar-refractivity contribution in [3.63, 3.8) is 0 Å². The Balaban J connectivity index is 1.80. The van der Waals surface area contributed by atoms with Gasteiger partial charge in [0.15, 0.2) is 5.82 Å². The molecule has 3 heterocycles. The molecule has 2 aliphatic heterocycles. The lowest BCUT2D eigenvalue weighted by atomic mass is 9.78. The Morgan fingerprint density at radius 1 is 1.44 bits per heavy atom. The van der Waals surface area contributed by atoms with Crippen LogP contribution in [0.25, 0.3) is 0 Å². The molecular formula is C10H12FN3O2. The van der Waals surface area contributed by atoms with Gasteiger partial charge < -0.3 is 14.4 Å². The number of rotatable bonds is 2. The van der Waals surface area contributed by atoms with Crippen LogP contribution >= 0.6 is 0 Å². The fraction of sp³-hybridized carbons (Fsp3) is 0.600. The molecule has 0 atom stereocenters. The van der Waals surface area contributed by atoms with Gasteiger partial charge in [0.2, 0.25) is 5.82 Å². The van der Waals surface area contributed by atoms with Crippen molar-refractivity contribution in [3.05, 3.63) is 12.1 Å². The summed E-state index contributed by atoms with van der Waals surface area (Å²) in [4.78, 5) is 9.55. The van der Waals surface area contributed by atoms with Crippen molar-refractivity contribution in [2.75, 3.05) is 38.3 Å². The first kappa shape index (κ1) is 9.77. The maximum Gasteiger partial charge on any atom is 0.255 e. The van der Waals surface area contributed by atoms with Crippen LogP contribution in [0.2, 0.25) is 0 Å². The first-order chi connectivity index (χ1) is 7.74. The van der Waals surface area contributed by atoms with E-state index in [2.05, 4.69) is 9.97 Å². The van der Waals surface area contributed by atoms with Crippen molar-refractivity contribution in [1.82, 2.24) is 9.97 Å². The lowest BCUT2D eigenvalue weighted by Crippen LogP contribution is -2.66. The maximum atomic E-state index is 13.8. The van der Waals surface area contributed by atoms with Gasteiger partial charge in [-0.15, -0.1) is 0 Å². The fourth-order valence-corrected chi connectivity index (χ4v) is 2.19. The Morgan fingerprint density at radius 2 is 2.19 bits per heavy atom. The van der Waals surface area contributed by atoms with Gasteiger partial charge in [0.25, 0.3) is 5.88 Å². The van der Waals surface area contributed by atoms with Crippen molar-refractivity contribution in [3.8, 4) is 5.88 Å². The molecular weight excluding hydrogens is 213 g/mol. The van der Waals surface area contributed by atoms with Crippen LogP contribution in [0, 0.1) is 11.2 Å². The quantitative estimate of drug-likeness (QED) is 0.731. The highest BCUT2D eigenvalue weighted by Crippen LogP contribution is 2.40. The van der Waals surface area contributed by atoms with E-state index < -0.39 is 5.82 Å². The number of methoxy groups -OCH3 is 1. The standard InChI is InChI=1S/C10H12FN3O2/c1-15-9-7(11)8(12-6-13-9)14-2-10(3-14)4-16-5-10/h6H,2-5H2,1H3. The summed E-state index contributed by atoms with van der Waals surface area (Å²) >= 11 is 0. The van der Waals surface area contributed by atoms with Crippen molar-refractivity contribution >= 4 is 5.82 Å². The minimum absolute atomic E-state index is 0.00388. The zero-order valence-corrected chi connectivity index (χ0v) is 8.94. The van der Waals surface area contributed by atoms with Crippen LogP contribution in [0.4, 0.5) is 10.2 Å². The minimum Gasteiger partial charge on any atom is -0.479 e. The van der Waals surface area contributed by atoms with Gasteiger partial charge in [0.05, 0.1) is 25.7 Å². The molecule has 0 radical (unpaired) electrons. The monoisotopic (exact) mass is 225 g/mol. The van der Waals surface area contributed by atoms with E-state index in [0.717, 1.165) is 26.3 Å². The van der Waals surface area contributed by atoms with Crippen LogP contribution in [-0.2, 0) is 4.74 Å². The molecule has 0 aromatic carbocycles. The summed E-state index contributed by atoms with van der Waals surface area (Å²) < 4.78 is 23.8. The molecule has 0 amide bonds. The van der Waals surface area contributed by atoms with E-state index in [4.69, 9.17) is 9.47 Å². The van der Waals surface area contributed by atoms with Gasteiger partial charge in [-0.3, -0.25) is 0 Å². The van der Waals surface area contributed by atoms with Crippen molar-refractivity contribution in [2.24, 2.45) is 5.41 Å². The third-order valence-electron chi connectivity index (χ3n) is 3.10. The van der Waals surface area contributed by atoms with Gasteiger partial charge in [0, 0.05) is 13.1 Å². The Bertz CT molecular complexity index is 415. The van der Waals surface area contributed by atoms with E-state index in [-0.39, 0.29) is 11.3 Å². The molecule has 0 saturated carbocycles. The van der Waals surface area contributed by atoms with Gasteiger partial charge in [-0.1, -0.05) is 0 Å². The Morgan fingerprint density at radius 3 is 2.75 bits per heavy atom. The molecule has 0 bridgehead atoms. The molecule has 3 rings (SSSR count). The molecule has 2 fully saturated rings. The Kier molecular flexibility index (Phi) is 2.00. The summed E-state index contributed by atoms with van der Waals surface area (Å²) in [6.45, 7) is 3.13. The summed E-state index contributed by atoms with van der Waals surface area (Å²) in [5.41, 5.74) is 0.241. The van der Waals surface area contributed by atoms with Gasteiger partial charge in [-0.25, -0.2) is 4.98 Å². The van der Waals surface area contributed by atoms with Gasteiger partial charge >= 0.3 is 0 Å². The molecule has 0 N–H and O–H groups in total. The van der Waals surface area contributed by atoms with Crippen molar-refractivity contribution in [2.45, 2.75) is 0 Å². The first-order valence-electron chi connectivity index (χ1n) is 5.11. The number of anilines is 1. The van der Waals surface area contributed by atoms with E-state index in [1.54, 1.807) is 0 Å². The molecule has 86 valence electrons. The maximum absolute atomic E-state index is 13.8. The molecule has 1 aromatic rings. The first-order valence-corrected chi connectivity index (χ1v) is 5.11. The van der Waals surface area contributed by atoms with E-state index in [0.29, 0.717) is 5.82 Å². The van der Waals surface area contributed by atoms with Crippen LogP contribution in [0.15, 0.2) is 6.33 Å². The molecule has 16 heavy (non-hydrogen) atoms. The van der Waals surface area contributed by atoms with Crippen LogP contribution < -0.4 is 9.64 Å². The zero-order chi connectivity index (χ0) is 11.2.